The lowest BCUT2D eigenvalue weighted by Crippen LogP contribution is -2.35. The largest absolute Gasteiger partial charge is 0.277 e. The Labute approximate surface area is 136 Å². The van der Waals surface area contributed by atoms with Gasteiger partial charge in [-0.2, -0.15) is 11.3 Å². The number of benzene rings is 1. The molecule has 1 saturated heterocycles. The molecule has 2 amide bonds. The first-order chi connectivity index (χ1) is 10.9. The molecule has 7 heteroatoms. The summed E-state index contributed by atoms with van der Waals surface area (Å²) < 4.78 is 0. The average Bonchev–Trinajstić information content (AvgIpc) is 3.12. The fourth-order valence-electron chi connectivity index (χ4n) is 2.75. The number of carbonyl (C=O) groups is 2. The molecule has 2 aromatic rings. The Kier molecular flexibility index (Phi) is 3.73. The van der Waals surface area contributed by atoms with E-state index in [1.165, 1.54) is 28.4 Å². The standard InChI is InChI=1S/C16H14N2O4S/c1-16(12-6-7-23-10-12)8-14(19)17(15(16)20)9-11-2-4-13(5-3-11)18(21)22/h2-7,10H,8-9H2,1H3. The molecule has 1 unspecified atom stereocenters. The number of imide groups is 1. The lowest BCUT2D eigenvalue weighted by Gasteiger charge is -2.21. The van der Waals surface area contributed by atoms with Crippen LogP contribution in [0.1, 0.15) is 24.5 Å². The van der Waals surface area contributed by atoms with Crippen LogP contribution >= 0.6 is 11.3 Å². The van der Waals surface area contributed by atoms with Crippen LogP contribution in [-0.4, -0.2) is 21.6 Å². The fourth-order valence-corrected chi connectivity index (χ4v) is 3.54. The second-order valence-corrected chi connectivity index (χ2v) is 6.51. The van der Waals surface area contributed by atoms with E-state index in [0.717, 1.165) is 5.56 Å². The topological polar surface area (TPSA) is 80.5 Å². The van der Waals surface area contributed by atoms with Crippen LogP contribution in [0.5, 0.6) is 0 Å². The molecule has 6 nitrogen and oxygen atoms in total. The highest BCUT2D eigenvalue weighted by atomic mass is 32.1. The van der Waals surface area contributed by atoms with Crippen LogP contribution in [-0.2, 0) is 21.5 Å². The van der Waals surface area contributed by atoms with Gasteiger partial charge in [0.1, 0.15) is 0 Å². The number of rotatable bonds is 4. The van der Waals surface area contributed by atoms with Gasteiger partial charge in [0.2, 0.25) is 11.8 Å². The number of carbonyl (C=O) groups excluding carboxylic acids is 2. The summed E-state index contributed by atoms with van der Waals surface area (Å²) in [5.74, 6) is -0.443. The van der Waals surface area contributed by atoms with E-state index >= 15 is 0 Å². The molecule has 0 saturated carbocycles. The van der Waals surface area contributed by atoms with Crippen molar-refractivity contribution in [1.29, 1.82) is 0 Å². The summed E-state index contributed by atoms with van der Waals surface area (Å²) in [6, 6.07) is 7.75. The lowest BCUT2D eigenvalue weighted by molar-refractivity contribution is -0.384. The molecule has 118 valence electrons. The van der Waals surface area contributed by atoms with E-state index in [-0.39, 0.29) is 30.5 Å². The van der Waals surface area contributed by atoms with Crippen molar-refractivity contribution < 1.29 is 14.5 Å². The maximum atomic E-state index is 12.7. The summed E-state index contributed by atoms with van der Waals surface area (Å²) in [6.07, 6.45) is 0.148. The maximum absolute atomic E-state index is 12.7. The highest BCUT2D eigenvalue weighted by molar-refractivity contribution is 7.08. The predicted octanol–water partition coefficient (Wildman–Crippen LogP) is 2.87. The van der Waals surface area contributed by atoms with Gasteiger partial charge in [-0.05, 0) is 34.9 Å². The molecule has 0 bridgehead atoms. The fraction of sp³-hybridized carbons (Fsp3) is 0.250. The third kappa shape index (κ3) is 2.63. The number of hydrogen-bond acceptors (Lipinski definition) is 5. The summed E-state index contributed by atoms with van der Waals surface area (Å²) in [5.41, 5.74) is 0.701. The molecule has 0 radical (unpaired) electrons. The lowest BCUT2D eigenvalue weighted by atomic mass is 9.83. The highest BCUT2D eigenvalue weighted by Gasteiger charge is 2.49. The summed E-state index contributed by atoms with van der Waals surface area (Å²) in [6.45, 7) is 1.92. The van der Waals surface area contributed by atoms with E-state index in [9.17, 15) is 19.7 Å². The van der Waals surface area contributed by atoms with Crippen LogP contribution in [0.3, 0.4) is 0 Å². The first kappa shape index (κ1) is 15.4. The first-order valence-electron chi connectivity index (χ1n) is 7.02. The summed E-state index contributed by atoms with van der Waals surface area (Å²) in [5, 5.41) is 14.4. The minimum absolute atomic E-state index is 0.0177. The van der Waals surface area contributed by atoms with Crippen LogP contribution in [0.15, 0.2) is 41.1 Å². The van der Waals surface area contributed by atoms with Gasteiger partial charge in [-0.3, -0.25) is 24.6 Å². The van der Waals surface area contributed by atoms with Crippen LogP contribution < -0.4 is 0 Å². The Hall–Kier alpha value is -2.54. The molecule has 1 aliphatic rings. The van der Waals surface area contributed by atoms with Crippen molar-refractivity contribution in [2.45, 2.75) is 25.3 Å². The maximum Gasteiger partial charge on any atom is 0.269 e. The van der Waals surface area contributed by atoms with E-state index in [4.69, 9.17) is 0 Å². The van der Waals surface area contributed by atoms with Crippen LogP contribution in [0.25, 0.3) is 0 Å². The molecule has 0 N–H and O–H groups in total. The number of nitro groups is 1. The van der Waals surface area contributed by atoms with Gasteiger partial charge in [-0.1, -0.05) is 12.1 Å². The molecule has 0 aliphatic carbocycles. The van der Waals surface area contributed by atoms with Crippen molar-refractivity contribution in [2.75, 3.05) is 0 Å². The van der Waals surface area contributed by atoms with Gasteiger partial charge in [-0.25, -0.2) is 0 Å². The molecular formula is C16H14N2O4S. The van der Waals surface area contributed by atoms with E-state index in [2.05, 4.69) is 0 Å². The van der Waals surface area contributed by atoms with Crippen molar-refractivity contribution in [3.63, 3.8) is 0 Å². The number of hydrogen-bond donors (Lipinski definition) is 0. The molecular weight excluding hydrogens is 316 g/mol. The zero-order valence-corrected chi connectivity index (χ0v) is 13.2. The number of likely N-dealkylation sites (tertiary alicyclic amines) is 1. The molecule has 1 aliphatic heterocycles. The zero-order chi connectivity index (χ0) is 16.6. The minimum atomic E-state index is -0.822. The van der Waals surface area contributed by atoms with E-state index < -0.39 is 10.3 Å². The monoisotopic (exact) mass is 330 g/mol. The van der Waals surface area contributed by atoms with E-state index in [0.29, 0.717) is 5.56 Å². The van der Waals surface area contributed by atoms with Gasteiger partial charge < -0.3 is 0 Å². The van der Waals surface area contributed by atoms with Gasteiger partial charge in [0, 0.05) is 18.6 Å². The molecule has 3 rings (SSSR count). The average molecular weight is 330 g/mol. The van der Waals surface area contributed by atoms with Crippen molar-refractivity contribution in [1.82, 2.24) is 4.90 Å². The number of nitrogens with zero attached hydrogens (tertiary/aromatic N) is 2. The third-order valence-electron chi connectivity index (χ3n) is 4.17. The minimum Gasteiger partial charge on any atom is -0.277 e. The van der Waals surface area contributed by atoms with Crippen LogP contribution in [0.2, 0.25) is 0 Å². The number of non-ortho nitro benzene ring substituents is 1. The molecule has 2 heterocycles. The highest BCUT2D eigenvalue weighted by Crippen LogP contribution is 2.37. The van der Waals surface area contributed by atoms with Gasteiger partial charge in [0.05, 0.1) is 16.9 Å². The quantitative estimate of drug-likeness (QED) is 0.490. The Balaban J connectivity index is 1.82. The second kappa shape index (κ2) is 5.58. The molecule has 23 heavy (non-hydrogen) atoms. The molecule has 1 aromatic carbocycles. The van der Waals surface area contributed by atoms with Crippen molar-refractivity contribution in [3.05, 3.63) is 62.3 Å². The van der Waals surface area contributed by atoms with E-state index in [1.54, 1.807) is 19.1 Å². The summed E-state index contributed by atoms with van der Waals surface area (Å²) in [7, 11) is 0. The Morgan fingerprint density at radius 2 is 1.96 bits per heavy atom. The van der Waals surface area contributed by atoms with Gasteiger partial charge in [0.15, 0.2) is 0 Å². The van der Waals surface area contributed by atoms with Crippen LogP contribution in [0.4, 0.5) is 5.69 Å². The Morgan fingerprint density at radius 3 is 2.52 bits per heavy atom. The van der Waals surface area contributed by atoms with Crippen molar-refractivity contribution in [2.24, 2.45) is 0 Å². The van der Waals surface area contributed by atoms with E-state index in [1.807, 2.05) is 16.8 Å². The predicted molar refractivity (Wildman–Crippen MR) is 84.9 cm³/mol. The van der Waals surface area contributed by atoms with Crippen molar-refractivity contribution in [3.8, 4) is 0 Å². The Morgan fingerprint density at radius 1 is 1.26 bits per heavy atom. The molecule has 0 spiro atoms. The van der Waals surface area contributed by atoms with Gasteiger partial charge >= 0.3 is 0 Å². The molecule has 1 aromatic heterocycles. The SMILES string of the molecule is CC1(c2ccsc2)CC(=O)N(Cc2ccc([N+](=O)[O-])cc2)C1=O. The Bertz CT molecular complexity index is 770. The smallest absolute Gasteiger partial charge is 0.269 e. The summed E-state index contributed by atoms with van der Waals surface area (Å²) in [4.78, 5) is 36.4. The van der Waals surface area contributed by atoms with Gasteiger partial charge in [0.25, 0.3) is 5.69 Å². The van der Waals surface area contributed by atoms with Gasteiger partial charge in [-0.15, -0.1) is 0 Å². The zero-order valence-electron chi connectivity index (χ0n) is 12.4. The number of nitro benzene ring substituents is 1. The van der Waals surface area contributed by atoms with Crippen LogP contribution in [0, 0.1) is 10.1 Å². The molecule has 1 fully saturated rings. The number of amides is 2. The summed E-state index contributed by atoms with van der Waals surface area (Å²) >= 11 is 1.49. The number of thiophene rings is 1. The molecule has 1 atom stereocenters. The second-order valence-electron chi connectivity index (χ2n) is 5.73. The first-order valence-corrected chi connectivity index (χ1v) is 7.97. The van der Waals surface area contributed by atoms with Crippen molar-refractivity contribution >= 4 is 28.8 Å². The third-order valence-corrected chi connectivity index (χ3v) is 4.85. The normalized spacial score (nSPS) is 21.0.